The molecule has 0 unspecified atom stereocenters. The minimum Gasteiger partial charge on any atom is -0.450 e. The van der Waals surface area contributed by atoms with Crippen molar-refractivity contribution in [3.05, 3.63) is 0 Å². The number of nitriles is 1. The second-order valence-corrected chi connectivity index (χ2v) is 3.95. The van der Waals surface area contributed by atoms with Gasteiger partial charge in [0.15, 0.2) is 0 Å². The summed E-state index contributed by atoms with van der Waals surface area (Å²) in [6.45, 7) is 2.34. The number of ketones is 1. The van der Waals surface area contributed by atoms with Gasteiger partial charge in [0, 0.05) is 12.0 Å². The predicted octanol–water partition coefficient (Wildman–Crippen LogP) is 1.38. The van der Waals surface area contributed by atoms with E-state index >= 15 is 0 Å². The Kier molecular flexibility index (Phi) is 4.77. The van der Waals surface area contributed by atoms with E-state index < -0.39 is 6.09 Å². The molecule has 5 nitrogen and oxygen atoms in total. The fourth-order valence-electron chi connectivity index (χ4n) is 1.62. The molecule has 0 aromatic carbocycles. The molecule has 5 heteroatoms. The van der Waals surface area contributed by atoms with E-state index in [0.29, 0.717) is 19.4 Å². The van der Waals surface area contributed by atoms with Gasteiger partial charge in [-0.15, -0.1) is 0 Å². The van der Waals surface area contributed by atoms with Crippen molar-refractivity contribution in [3.8, 4) is 6.07 Å². The molecule has 0 spiro atoms. The molecule has 0 atom stereocenters. The van der Waals surface area contributed by atoms with Gasteiger partial charge < -0.3 is 10.1 Å². The van der Waals surface area contributed by atoms with E-state index in [-0.39, 0.29) is 24.2 Å². The summed E-state index contributed by atoms with van der Waals surface area (Å²) in [6, 6.07) is 1.86. The molecule has 0 aromatic heterocycles. The lowest BCUT2D eigenvalue weighted by atomic mass is 9.77. The van der Waals surface area contributed by atoms with Crippen molar-refractivity contribution in [2.75, 3.05) is 6.61 Å². The number of nitrogens with zero attached hydrogens (tertiary/aromatic N) is 1. The van der Waals surface area contributed by atoms with Gasteiger partial charge in [0.2, 0.25) is 0 Å². The average Bonchev–Trinajstić information content (AvgIpc) is 2.20. The van der Waals surface area contributed by atoms with Crippen molar-refractivity contribution in [1.82, 2.24) is 5.32 Å². The van der Waals surface area contributed by atoms with Crippen molar-refractivity contribution < 1.29 is 14.3 Å². The number of amides is 1. The number of carbonyl (C=O) groups is 2. The molecule has 1 amide bonds. The molecule has 1 fully saturated rings. The van der Waals surface area contributed by atoms with Gasteiger partial charge in [0.05, 0.1) is 19.1 Å². The Bertz CT molecular complexity index is 303. The molecule has 1 aliphatic rings. The van der Waals surface area contributed by atoms with Gasteiger partial charge in [-0.25, -0.2) is 4.79 Å². The van der Waals surface area contributed by atoms with Crippen LogP contribution in [0.1, 0.15) is 32.6 Å². The third-order valence-electron chi connectivity index (χ3n) is 2.61. The second kappa shape index (κ2) is 6.11. The van der Waals surface area contributed by atoms with E-state index in [9.17, 15) is 9.59 Å². The minimum atomic E-state index is -0.418. The highest BCUT2D eigenvalue weighted by molar-refractivity contribution is 5.84. The Balaban J connectivity index is 2.14. The summed E-state index contributed by atoms with van der Waals surface area (Å²) in [5, 5.41) is 11.0. The lowest BCUT2D eigenvalue weighted by Crippen LogP contribution is -2.46. The van der Waals surface area contributed by atoms with Gasteiger partial charge >= 0.3 is 6.09 Å². The number of nitrogens with one attached hydrogen (secondary N) is 1. The molecule has 0 aromatic rings. The molecule has 0 heterocycles. The third kappa shape index (κ3) is 3.54. The molecule has 1 saturated carbocycles. The Hall–Kier alpha value is -1.57. The predicted molar refractivity (Wildman–Crippen MR) is 56.5 cm³/mol. The number of carbonyl (C=O) groups excluding carboxylic acids is 2. The van der Waals surface area contributed by atoms with Gasteiger partial charge in [-0.1, -0.05) is 6.92 Å². The fourth-order valence-corrected chi connectivity index (χ4v) is 1.62. The Morgan fingerprint density at radius 3 is 2.75 bits per heavy atom. The monoisotopic (exact) mass is 224 g/mol. The zero-order chi connectivity index (χ0) is 12.0. The summed E-state index contributed by atoms with van der Waals surface area (Å²) in [5.41, 5.74) is 0. The van der Waals surface area contributed by atoms with E-state index in [2.05, 4.69) is 5.32 Å². The number of Topliss-reactive ketones (excluding diaryl/α,β-unsaturated/α-hetero) is 1. The maximum Gasteiger partial charge on any atom is 0.407 e. The first-order chi connectivity index (χ1) is 7.67. The van der Waals surface area contributed by atoms with E-state index in [1.807, 2.05) is 13.0 Å². The number of ether oxygens (including phenoxy) is 1. The molecule has 0 aliphatic heterocycles. The van der Waals surface area contributed by atoms with Gasteiger partial charge in [0.25, 0.3) is 0 Å². The van der Waals surface area contributed by atoms with Crippen LogP contribution in [0.4, 0.5) is 4.79 Å². The molecule has 1 aliphatic carbocycles. The largest absolute Gasteiger partial charge is 0.450 e. The van der Waals surface area contributed by atoms with Crippen molar-refractivity contribution >= 4 is 11.9 Å². The average molecular weight is 224 g/mol. The maximum absolute atomic E-state index is 11.3. The highest BCUT2D eigenvalue weighted by atomic mass is 16.5. The molecular weight excluding hydrogens is 208 g/mol. The minimum absolute atomic E-state index is 0.0250. The first-order valence-electron chi connectivity index (χ1n) is 5.50. The van der Waals surface area contributed by atoms with Crippen molar-refractivity contribution in [2.45, 2.75) is 38.6 Å². The number of alkyl carbamates (subject to hydrolysis) is 1. The van der Waals surface area contributed by atoms with E-state index in [1.165, 1.54) is 0 Å². The highest BCUT2D eigenvalue weighted by Gasteiger charge is 2.35. The van der Waals surface area contributed by atoms with Crippen LogP contribution >= 0.6 is 0 Å². The fraction of sp³-hybridized carbons (Fsp3) is 0.727. The summed E-state index contributed by atoms with van der Waals surface area (Å²) < 4.78 is 4.85. The van der Waals surface area contributed by atoms with Crippen molar-refractivity contribution in [2.24, 2.45) is 5.92 Å². The third-order valence-corrected chi connectivity index (χ3v) is 2.61. The smallest absolute Gasteiger partial charge is 0.407 e. The number of hydrogen-bond acceptors (Lipinski definition) is 4. The second-order valence-electron chi connectivity index (χ2n) is 3.95. The van der Waals surface area contributed by atoms with Crippen LogP contribution in [0, 0.1) is 17.2 Å². The summed E-state index contributed by atoms with van der Waals surface area (Å²) in [4.78, 5) is 22.4. The normalized spacial score (nSPS) is 22.8. The lowest BCUT2D eigenvalue weighted by molar-refractivity contribution is -0.125. The summed E-state index contributed by atoms with van der Waals surface area (Å²) in [5.74, 6) is -0.0846. The van der Waals surface area contributed by atoms with E-state index in [4.69, 9.17) is 10.00 Å². The van der Waals surface area contributed by atoms with Crippen molar-refractivity contribution in [3.63, 3.8) is 0 Å². The van der Waals surface area contributed by atoms with E-state index in [0.717, 1.165) is 6.42 Å². The molecule has 0 radical (unpaired) electrons. The maximum atomic E-state index is 11.3. The summed E-state index contributed by atoms with van der Waals surface area (Å²) in [7, 11) is 0. The van der Waals surface area contributed by atoms with Crippen LogP contribution in [0.3, 0.4) is 0 Å². The van der Waals surface area contributed by atoms with Crippen LogP contribution < -0.4 is 5.32 Å². The van der Waals surface area contributed by atoms with Crippen LogP contribution in [-0.4, -0.2) is 24.5 Å². The van der Waals surface area contributed by atoms with Crippen LogP contribution in [-0.2, 0) is 9.53 Å². The first-order valence-corrected chi connectivity index (χ1v) is 5.50. The topological polar surface area (TPSA) is 79.2 Å². The SMILES string of the molecule is CCCOC(=O)NC1CC(C(=O)CC#N)C1. The van der Waals surface area contributed by atoms with Gasteiger partial charge in [-0.2, -0.15) is 5.26 Å². The molecule has 88 valence electrons. The van der Waals surface area contributed by atoms with Crippen LogP contribution in [0.15, 0.2) is 0 Å². The van der Waals surface area contributed by atoms with E-state index in [1.54, 1.807) is 0 Å². The van der Waals surface area contributed by atoms with Crippen LogP contribution in [0.2, 0.25) is 0 Å². The zero-order valence-corrected chi connectivity index (χ0v) is 9.36. The van der Waals surface area contributed by atoms with Crippen LogP contribution in [0.25, 0.3) is 0 Å². The van der Waals surface area contributed by atoms with Gasteiger partial charge in [-0.05, 0) is 19.3 Å². The molecule has 1 N–H and O–H groups in total. The molecular formula is C11H16N2O3. The van der Waals surface area contributed by atoms with Crippen LogP contribution in [0.5, 0.6) is 0 Å². The standard InChI is InChI=1S/C11H16N2O3/c1-2-5-16-11(15)13-9-6-8(7-9)10(14)3-4-12/h8-9H,2-3,5-7H2,1H3,(H,13,15). The highest BCUT2D eigenvalue weighted by Crippen LogP contribution is 2.29. The zero-order valence-electron chi connectivity index (χ0n) is 9.36. The number of rotatable bonds is 5. The first kappa shape index (κ1) is 12.5. The Morgan fingerprint density at radius 1 is 1.50 bits per heavy atom. The molecule has 0 saturated heterocycles. The Morgan fingerprint density at radius 2 is 2.19 bits per heavy atom. The summed E-state index contributed by atoms with van der Waals surface area (Å²) >= 11 is 0. The summed E-state index contributed by atoms with van der Waals surface area (Å²) in [6.07, 6.45) is 1.60. The molecule has 16 heavy (non-hydrogen) atoms. The molecule has 1 rings (SSSR count). The lowest BCUT2D eigenvalue weighted by Gasteiger charge is -2.33. The van der Waals surface area contributed by atoms with Gasteiger partial charge in [0.1, 0.15) is 5.78 Å². The molecule has 0 bridgehead atoms. The van der Waals surface area contributed by atoms with Crippen molar-refractivity contribution in [1.29, 1.82) is 5.26 Å². The quantitative estimate of drug-likeness (QED) is 0.765. The number of hydrogen-bond donors (Lipinski definition) is 1. The Labute approximate surface area is 94.8 Å². The van der Waals surface area contributed by atoms with Gasteiger partial charge in [-0.3, -0.25) is 4.79 Å².